The number of hydrogen-bond donors (Lipinski definition) is 1. The van der Waals surface area contributed by atoms with Crippen LogP contribution in [0.4, 0.5) is 0 Å². The van der Waals surface area contributed by atoms with Gasteiger partial charge in [0.25, 0.3) is 0 Å². The summed E-state index contributed by atoms with van der Waals surface area (Å²) >= 11 is 0. The van der Waals surface area contributed by atoms with Gasteiger partial charge in [-0.1, -0.05) is 24.3 Å². The lowest BCUT2D eigenvalue weighted by Gasteiger charge is -2.39. The number of ether oxygens (including phenoxy) is 2. The van der Waals surface area contributed by atoms with Gasteiger partial charge >= 0.3 is 0 Å². The fourth-order valence-electron chi connectivity index (χ4n) is 3.92. The molecule has 2 aliphatic heterocycles. The van der Waals surface area contributed by atoms with Gasteiger partial charge in [0.1, 0.15) is 0 Å². The second-order valence-electron chi connectivity index (χ2n) is 6.53. The summed E-state index contributed by atoms with van der Waals surface area (Å²) in [4.78, 5) is 0. The van der Waals surface area contributed by atoms with Crippen LogP contribution in [-0.4, -0.2) is 38.0 Å². The lowest BCUT2D eigenvalue weighted by molar-refractivity contribution is -0.0893. The van der Waals surface area contributed by atoms with Gasteiger partial charge in [-0.3, -0.25) is 0 Å². The number of nitrogens with one attached hydrogen (secondary N) is 1. The third kappa shape index (κ3) is 2.28. The molecule has 3 atom stereocenters. The van der Waals surface area contributed by atoms with Crippen molar-refractivity contribution in [3.8, 4) is 0 Å². The van der Waals surface area contributed by atoms with E-state index in [1.54, 1.807) is 5.56 Å². The molecule has 0 bridgehead atoms. The van der Waals surface area contributed by atoms with Crippen molar-refractivity contribution < 1.29 is 9.47 Å². The summed E-state index contributed by atoms with van der Waals surface area (Å²) < 4.78 is 11.5. The number of fused-ring (bicyclic) bond motifs is 1. The average molecular weight is 273 g/mol. The Labute approximate surface area is 120 Å². The van der Waals surface area contributed by atoms with Gasteiger partial charge in [0.2, 0.25) is 0 Å². The second kappa shape index (κ2) is 5.14. The van der Waals surface area contributed by atoms with E-state index in [1.165, 1.54) is 12.0 Å². The predicted molar refractivity (Wildman–Crippen MR) is 78.0 cm³/mol. The topological polar surface area (TPSA) is 30.5 Å². The van der Waals surface area contributed by atoms with Gasteiger partial charge in [0.05, 0.1) is 12.2 Å². The van der Waals surface area contributed by atoms with Crippen LogP contribution in [-0.2, 0) is 15.9 Å². The molecular weight excluding hydrogens is 250 g/mol. The summed E-state index contributed by atoms with van der Waals surface area (Å²) in [7, 11) is 0. The molecule has 0 radical (unpaired) electrons. The van der Waals surface area contributed by atoms with Crippen molar-refractivity contribution in [2.24, 2.45) is 0 Å². The van der Waals surface area contributed by atoms with Crippen molar-refractivity contribution >= 4 is 0 Å². The van der Waals surface area contributed by atoms with Gasteiger partial charge in [0, 0.05) is 38.1 Å². The maximum Gasteiger partial charge on any atom is 0.0951 e. The van der Waals surface area contributed by atoms with Crippen molar-refractivity contribution in [2.75, 3.05) is 26.4 Å². The number of rotatable bonds is 3. The molecule has 1 spiro atoms. The zero-order valence-corrected chi connectivity index (χ0v) is 11.9. The molecule has 1 N–H and O–H groups in total. The third-order valence-electron chi connectivity index (χ3n) is 5.17. The second-order valence-corrected chi connectivity index (χ2v) is 6.53. The first kappa shape index (κ1) is 12.8. The van der Waals surface area contributed by atoms with Crippen molar-refractivity contribution in [2.45, 2.75) is 43.2 Å². The van der Waals surface area contributed by atoms with E-state index in [1.807, 2.05) is 0 Å². The Morgan fingerprint density at radius 1 is 1.25 bits per heavy atom. The van der Waals surface area contributed by atoms with Crippen LogP contribution in [0.1, 0.15) is 36.3 Å². The quantitative estimate of drug-likeness (QED) is 0.916. The fraction of sp³-hybridized carbons (Fsp3) is 0.647. The van der Waals surface area contributed by atoms with Crippen LogP contribution in [0.5, 0.6) is 0 Å². The highest BCUT2D eigenvalue weighted by atomic mass is 16.6. The molecule has 2 heterocycles. The molecule has 4 rings (SSSR count). The summed E-state index contributed by atoms with van der Waals surface area (Å²) in [6, 6.07) is 9.43. The van der Waals surface area contributed by atoms with E-state index in [0.29, 0.717) is 12.0 Å². The smallest absolute Gasteiger partial charge is 0.0951 e. The van der Waals surface area contributed by atoms with E-state index in [4.69, 9.17) is 9.47 Å². The summed E-state index contributed by atoms with van der Waals surface area (Å²) in [5, 5.41) is 3.78. The van der Waals surface area contributed by atoms with Crippen LogP contribution in [0.2, 0.25) is 0 Å². The monoisotopic (exact) mass is 273 g/mol. The molecule has 2 saturated heterocycles. The predicted octanol–water partition coefficient (Wildman–Crippen LogP) is 2.25. The molecule has 20 heavy (non-hydrogen) atoms. The molecule has 3 heteroatoms. The molecular formula is C17H23NO2. The van der Waals surface area contributed by atoms with E-state index in [2.05, 4.69) is 29.6 Å². The molecule has 1 aliphatic carbocycles. The molecule has 0 aromatic heterocycles. The Balaban J connectivity index is 1.32. The van der Waals surface area contributed by atoms with Crippen LogP contribution in [0, 0.1) is 0 Å². The zero-order chi connectivity index (χ0) is 13.4. The summed E-state index contributed by atoms with van der Waals surface area (Å²) in [6.45, 7) is 3.64. The molecule has 3 aliphatic rings. The molecule has 3 nitrogen and oxygen atoms in total. The van der Waals surface area contributed by atoms with Crippen molar-refractivity contribution in [1.29, 1.82) is 0 Å². The van der Waals surface area contributed by atoms with Crippen molar-refractivity contribution in [3.05, 3.63) is 35.4 Å². The van der Waals surface area contributed by atoms with Gasteiger partial charge in [-0.2, -0.15) is 0 Å². The highest BCUT2D eigenvalue weighted by Gasteiger charge is 2.41. The largest absolute Gasteiger partial charge is 0.378 e. The van der Waals surface area contributed by atoms with Crippen LogP contribution < -0.4 is 5.32 Å². The summed E-state index contributed by atoms with van der Waals surface area (Å²) in [6.07, 6.45) is 4.55. The van der Waals surface area contributed by atoms with Crippen LogP contribution in [0.3, 0.4) is 0 Å². The first-order valence-corrected chi connectivity index (χ1v) is 7.88. The Morgan fingerprint density at radius 3 is 3.05 bits per heavy atom. The first-order chi connectivity index (χ1) is 9.85. The van der Waals surface area contributed by atoms with Gasteiger partial charge in [0.15, 0.2) is 0 Å². The number of hydrogen-bond acceptors (Lipinski definition) is 3. The molecule has 3 unspecified atom stereocenters. The highest BCUT2D eigenvalue weighted by Crippen LogP contribution is 2.36. The zero-order valence-electron chi connectivity index (χ0n) is 11.9. The highest BCUT2D eigenvalue weighted by molar-refractivity contribution is 5.40. The van der Waals surface area contributed by atoms with Crippen molar-refractivity contribution in [3.63, 3.8) is 0 Å². The lowest BCUT2D eigenvalue weighted by Crippen LogP contribution is -2.48. The van der Waals surface area contributed by atoms with E-state index in [9.17, 15) is 0 Å². The average Bonchev–Trinajstić information content (AvgIpc) is 2.88. The third-order valence-corrected chi connectivity index (χ3v) is 5.17. The SMILES string of the molecule is c1ccc2c(c1)CC2CNC1CCOC2(CCOC2)C1. The van der Waals surface area contributed by atoms with Gasteiger partial charge in [-0.05, 0) is 30.4 Å². The number of benzene rings is 1. The lowest BCUT2D eigenvalue weighted by atomic mass is 9.77. The Bertz CT molecular complexity index is 482. The van der Waals surface area contributed by atoms with Crippen molar-refractivity contribution in [1.82, 2.24) is 5.32 Å². The summed E-state index contributed by atoms with van der Waals surface area (Å²) in [5.74, 6) is 0.713. The van der Waals surface area contributed by atoms with E-state index in [0.717, 1.165) is 45.6 Å². The van der Waals surface area contributed by atoms with Crippen LogP contribution in [0.25, 0.3) is 0 Å². The molecule has 0 saturated carbocycles. The molecule has 1 aromatic carbocycles. The molecule has 1 aromatic rings. The normalized spacial score (nSPS) is 35.8. The molecule has 0 amide bonds. The van der Waals surface area contributed by atoms with Crippen LogP contribution >= 0.6 is 0 Å². The molecule has 108 valence electrons. The fourth-order valence-corrected chi connectivity index (χ4v) is 3.92. The van der Waals surface area contributed by atoms with E-state index in [-0.39, 0.29) is 5.60 Å². The van der Waals surface area contributed by atoms with Gasteiger partial charge < -0.3 is 14.8 Å². The standard InChI is InChI=1S/C17H23NO2/c1-2-4-16-13(3-1)9-14(16)11-18-15-5-7-20-17(10-15)6-8-19-12-17/h1-4,14-15,18H,5-12H2. The van der Waals surface area contributed by atoms with E-state index >= 15 is 0 Å². The Kier molecular flexibility index (Phi) is 3.29. The minimum absolute atomic E-state index is 0.0213. The first-order valence-electron chi connectivity index (χ1n) is 7.88. The maximum atomic E-state index is 6.00. The van der Waals surface area contributed by atoms with Crippen LogP contribution in [0.15, 0.2) is 24.3 Å². The minimum Gasteiger partial charge on any atom is -0.378 e. The molecule has 2 fully saturated rings. The summed E-state index contributed by atoms with van der Waals surface area (Å²) in [5.41, 5.74) is 3.10. The Morgan fingerprint density at radius 2 is 2.20 bits per heavy atom. The van der Waals surface area contributed by atoms with E-state index < -0.39 is 0 Å². The Hall–Kier alpha value is -0.900. The van der Waals surface area contributed by atoms with Gasteiger partial charge in [-0.25, -0.2) is 0 Å². The minimum atomic E-state index is 0.0213. The maximum absolute atomic E-state index is 6.00. The van der Waals surface area contributed by atoms with Gasteiger partial charge in [-0.15, -0.1) is 0 Å².